The molecule has 0 radical (unpaired) electrons. The van der Waals surface area contributed by atoms with Crippen molar-refractivity contribution in [2.24, 2.45) is 5.73 Å². The van der Waals surface area contributed by atoms with E-state index in [-0.39, 0.29) is 12.4 Å². The van der Waals surface area contributed by atoms with Gasteiger partial charge in [0, 0.05) is 4.92 Å². The number of halogens is 1. The van der Waals surface area contributed by atoms with E-state index in [2.05, 4.69) is 5.73 Å². The topological polar surface area (TPSA) is 93.0 Å². The first kappa shape index (κ1) is 10.2. The van der Waals surface area contributed by atoms with Crippen molar-refractivity contribution in [2.45, 2.75) is 0 Å². The highest BCUT2D eigenvalue weighted by Gasteiger charge is 1.95. The molecule has 0 spiro atoms. The fourth-order valence-corrected chi connectivity index (χ4v) is 0.139. The number of nitrogens with one attached hydrogen (secondary N) is 1. The van der Waals surface area contributed by atoms with E-state index >= 15 is 0 Å². The predicted molar refractivity (Wildman–Crippen MR) is 31.0 cm³/mol. The van der Waals surface area contributed by atoms with E-state index in [9.17, 15) is 10.1 Å². The van der Waals surface area contributed by atoms with Crippen LogP contribution in [0.1, 0.15) is 0 Å². The first-order valence-electron chi connectivity index (χ1n) is 1.57. The van der Waals surface area contributed by atoms with Gasteiger partial charge >= 0.3 is 0 Å². The Bertz CT molecular complexity index is 91.5. The molecule has 0 heterocycles. The summed E-state index contributed by atoms with van der Waals surface area (Å²) in [6.07, 6.45) is 0. The summed E-state index contributed by atoms with van der Waals surface area (Å²) in [6, 6.07) is 0. The zero-order valence-electron chi connectivity index (χ0n) is 3.96. The number of nitrogens with two attached hydrogens (primary N) is 1. The Morgan fingerprint density at radius 1 is 1.88 bits per heavy atom. The lowest BCUT2D eigenvalue weighted by molar-refractivity contribution is -0.463. The fourth-order valence-electron chi connectivity index (χ4n) is 0.139. The van der Waals surface area contributed by atoms with E-state index in [1.165, 1.54) is 0 Å². The van der Waals surface area contributed by atoms with Crippen molar-refractivity contribution in [2.75, 3.05) is 6.54 Å². The van der Waals surface area contributed by atoms with Gasteiger partial charge in [-0.15, -0.1) is 12.4 Å². The van der Waals surface area contributed by atoms with Crippen LogP contribution in [0.3, 0.4) is 0 Å². The van der Waals surface area contributed by atoms with Gasteiger partial charge in [-0.1, -0.05) is 0 Å². The summed E-state index contributed by atoms with van der Waals surface area (Å²) in [5.41, 5.74) is 4.64. The summed E-state index contributed by atoms with van der Waals surface area (Å²) in [5.74, 6) is -0.412. The molecule has 0 bridgehead atoms. The summed E-state index contributed by atoms with van der Waals surface area (Å²) in [6.45, 7) is -0.556. The summed E-state index contributed by atoms with van der Waals surface area (Å²) < 4.78 is 0. The number of amidine groups is 1. The molecular weight excluding hydrogens is 133 g/mol. The molecule has 3 N–H and O–H groups in total. The van der Waals surface area contributed by atoms with Gasteiger partial charge in [-0.3, -0.25) is 15.5 Å². The molecule has 0 aliphatic rings. The summed E-state index contributed by atoms with van der Waals surface area (Å²) in [5, 5.41) is 15.8. The Hall–Kier alpha value is -0.840. The third-order valence-electron chi connectivity index (χ3n) is 0.299. The lowest BCUT2D eigenvalue weighted by Gasteiger charge is -1.84. The van der Waals surface area contributed by atoms with Crippen LogP contribution in [0.4, 0.5) is 0 Å². The van der Waals surface area contributed by atoms with Crippen molar-refractivity contribution in [1.29, 1.82) is 5.41 Å². The highest BCUT2D eigenvalue weighted by molar-refractivity contribution is 5.85. The second kappa shape index (κ2) is 4.32. The van der Waals surface area contributed by atoms with Crippen LogP contribution in [-0.4, -0.2) is 17.3 Å². The molecule has 0 aromatic heterocycles. The average molecular weight is 140 g/mol. The second-order valence-corrected chi connectivity index (χ2v) is 1.02. The quantitative estimate of drug-likeness (QED) is 0.236. The number of hydrogen-bond acceptors (Lipinski definition) is 3. The second-order valence-electron chi connectivity index (χ2n) is 1.02. The van der Waals surface area contributed by atoms with Crippen LogP contribution in [0.25, 0.3) is 0 Å². The molecule has 0 fully saturated rings. The Morgan fingerprint density at radius 2 is 2.25 bits per heavy atom. The highest BCUT2D eigenvalue weighted by atomic mass is 35.5. The molecule has 0 atom stereocenters. The van der Waals surface area contributed by atoms with Crippen molar-refractivity contribution in [3.05, 3.63) is 10.1 Å². The average Bonchev–Trinajstić information content (AvgIpc) is 1.27. The fraction of sp³-hybridized carbons (Fsp3) is 0.500. The molecule has 0 aromatic carbocycles. The van der Waals surface area contributed by atoms with Gasteiger partial charge in [0.1, 0.15) is 0 Å². The largest absolute Gasteiger partial charge is 0.382 e. The molecule has 48 valence electrons. The molecule has 0 aliphatic carbocycles. The Kier molecular flexibility index (Phi) is 5.51. The van der Waals surface area contributed by atoms with Gasteiger partial charge in [0.25, 0.3) is 6.54 Å². The molecule has 6 heteroatoms. The van der Waals surface area contributed by atoms with E-state index in [4.69, 9.17) is 5.41 Å². The van der Waals surface area contributed by atoms with Gasteiger partial charge in [0.15, 0.2) is 5.84 Å². The minimum Gasteiger partial charge on any atom is -0.382 e. The number of nitro groups is 1. The van der Waals surface area contributed by atoms with Crippen LogP contribution in [0.2, 0.25) is 0 Å². The standard InChI is InChI=1S/C2H5N3O2.ClH/c3-2(4)1-5(6)7;/h1H2,(H3,3,4);1H. The monoisotopic (exact) mass is 139 g/mol. The van der Waals surface area contributed by atoms with Crippen molar-refractivity contribution < 1.29 is 4.92 Å². The smallest absolute Gasteiger partial charge is 0.259 e. The zero-order chi connectivity index (χ0) is 5.86. The van der Waals surface area contributed by atoms with E-state index in [1.54, 1.807) is 0 Å². The van der Waals surface area contributed by atoms with E-state index in [0.717, 1.165) is 0 Å². The number of hydrogen-bond donors (Lipinski definition) is 2. The third kappa shape index (κ3) is 8.94. The van der Waals surface area contributed by atoms with E-state index in [0.29, 0.717) is 0 Å². The van der Waals surface area contributed by atoms with Crippen LogP contribution in [0.5, 0.6) is 0 Å². The van der Waals surface area contributed by atoms with E-state index in [1.807, 2.05) is 0 Å². The first-order chi connectivity index (χ1) is 3.13. The first-order valence-corrected chi connectivity index (χ1v) is 1.57. The van der Waals surface area contributed by atoms with Crippen molar-refractivity contribution in [1.82, 2.24) is 0 Å². The number of nitrogens with zero attached hydrogens (tertiary/aromatic N) is 1. The summed E-state index contributed by atoms with van der Waals surface area (Å²) in [4.78, 5) is 8.74. The van der Waals surface area contributed by atoms with Gasteiger partial charge in [0.2, 0.25) is 0 Å². The summed E-state index contributed by atoms with van der Waals surface area (Å²) >= 11 is 0. The Balaban J connectivity index is 0. The molecule has 0 amide bonds. The van der Waals surface area contributed by atoms with Gasteiger partial charge in [-0.05, 0) is 0 Å². The maximum absolute atomic E-state index is 9.39. The SMILES string of the molecule is Cl.N=C(N)C[N+](=O)[O-]. The molecule has 0 rings (SSSR count). The minimum atomic E-state index is -0.650. The van der Waals surface area contributed by atoms with Crippen LogP contribution < -0.4 is 5.73 Å². The molecule has 0 saturated carbocycles. The molecule has 0 saturated heterocycles. The van der Waals surface area contributed by atoms with Gasteiger partial charge in [0.05, 0.1) is 0 Å². The van der Waals surface area contributed by atoms with Gasteiger partial charge < -0.3 is 5.73 Å². The lowest BCUT2D eigenvalue weighted by atomic mass is 10.6. The Labute approximate surface area is 51.9 Å². The Morgan fingerprint density at radius 3 is 2.25 bits per heavy atom. The molecule has 5 nitrogen and oxygen atoms in total. The van der Waals surface area contributed by atoms with Crippen LogP contribution >= 0.6 is 12.4 Å². The van der Waals surface area contributed by atoms with Gasteiger partial charge in [-0.2, -0.15) is 0 Å². The van der Waals surface area contributed by atoms with E-state index < -0.39 is 17.3 Å². The van der Waals surface area contributed by atoms with Crippen molar-refractivity contribution >= 4 is 18.2 Å². The van der Waals surface area contributed by atoms with Crippen LogP contribution in [-0.2, 0) is 0 Å². The maximum atomic E-state index is 9.39. The molecule has 8 heavy (non-hydrogen) atoms. The van der Waals surface area contributed by atoms with Crippen LogP contribution in [0, 0.1) is 15.5 Å². The highest BCUT2D eigenvalue weighted by Crippen LogP contribution is 1.62. The van der Waals surface area contributed by atoms with Crippen molar-refractivity contribution in [3.63, 3.8) is 0 Å². The lowest BCUT2D eigenvalue weighted by Crippen LogP contribution is -2.20. The summed E-state index contributed by atoms with van der Waals surface area (Å²) in [7, 11) is 0. The third-order valence-corrected chi connectivity index (χ3v) is 0.299. The maximum Gasteiger partial charge on any atom is 0.259 e. The molecule has 0 aliphatic heterocycles. The molecule has 0 unspecified atom stereocenters. The predicted octanol–water partition coefficient (Wildman–Crippen LogP) is -0.379. The van der Waals surface area contributed by atoms with Crippen molar-refractivity contribution in [3.8, 4) is 0 Å². The molecule has 0 aromatic rings. The normalized spacial score (nSPS) is 7.00. The van der Waals surface area contributed by atoms with Gasteiger partial charge in [-0.25, -0.2) is 0 Å². The molecular formula is C2H6ClN3O2. The van der Waals surface area contributed by atoms with Crippen LogP contribution in [0.15, 0.2) is 0 Å². The number of rotatable bonds is 2. The zero-order valence-corrected chi connectivity index (χ0v) is 4.77. The minimum absolute atomic E-state index is 0.